The molecule has 8 heavy (non-hydrogen) atoms. The summed E-state index contributed by atoms with van der Waals surface area (Å²) >= 11 is 0. The van der Waals surface area contributed by atoms with Crippen molar-refractivity contribution >= 4 is 10.1 Å². The Hall–Kier alpha value is -0.130. The Kier molecular flexibility index (Phi) is 1.26. The molecular formula is C3H6O4S. The third kappa shape index (κ3) is 2.25. The molecule has 0 bridgehead atoms. The SMILES string of the molecule is O=S(=O)(O)C[C@H]1CO1. The van der Waals surface area contributed by atoms with Crippen molar-refractivity contribution in [3.05, 3.63) is 0 Å². The summed E-state index contributed by atoms with van der Waals surface area (Å²) in [5, 5.41) is 0. The van der Waals surface area contributed by atoms with E-state index in [1.807, 2.05) is 0 Å². The molecule has 1 saturated heterocycles. The van der Waals surface area contributed by atoms with Crippen LogP contribution >= 0.6 is 0 Å². The second kappa shape index (κ2) is 1.68. The molecular weight excluding hydrogens is 132 g/mol. The van der Waals surface area contributed by atoms with Gasteiger partial charge in [0, 0.05) is 0 Å². The van der Waals surface area contributed by atoms with Crippen LogP contribution in [0.1, 0.15) is 0 Å². The van der Waals surface area contributed by atoms with Crippen molar-refractivity contribution in [1.82, 2.24) is 0 Å². The number of rotatable bonds is 2. The lowest BCUT2D eigenvalue weighted by Crippen LogP contribution is -2.08. The minimum Gasteiger partial charge on any atom is -0.372 e. The van der Waals surface area contributed by atoms with Crippen LogP contribution in [0.25, 0.3) is 0 Å². The summed E-state index contributed by atoms with van der Waals surface area (Å²) < 4.78 is 32.6. The van der Waals surface area contributed by atoms with Crippen LogP contribution in [0, 0.1) is 0 Å². The molecule has 5 heteroatoms. The zero-order valence-electron chi connectivity index (χ0n) is 4.07. The summed E-state index contributed by atoms with van der Waals surface area (Å²) in [6, 6.07) is 0. The van der Waals surface area contributed by atoms with Gasteiger partial charge in [-0.05, 0) is 0 Å². The lowest BCUT2D eigenvalue weighted by molar-refractivity contribution is 0.413. The first-order valence-electron chi connectivity index (χ1n) is 2.15. The van der Waals surface area contributed by atoms with Crippen LogP contribution in [-0.4, -0.2) is 31.4 Å². The highest BCUT2D eigenvalue weighted by Crippen LogP contribution is 2.09. The average Bonchev–Trinajstić information content (AvgIpc) is 2.12. The van der Waals surface area contributed by atoms with Crippen LogP contribution in [0.2, 0.25) is 0 Å². The van der Waals surface area contributed by atoms with E-state index in [9.17, 15) is 8.42 Å². The second-order valence-electron chi connectivity index (χ2n) is 1.70. The van der Waals surface area contributed by atoms with Crippen LogP contribution in [0.3, 0.4) is 0 Å². The van der Waals surface area contributed by atoms with Gasteiger partial charge in [0.15, 0.2) is 0 Å². The molecule has 1 aliphatic rings. The molecule has 1 rings (SSSR count). The zero-order chi connectivity index (χ0) is 6.20. The van der Waals surface area contributed by atoms with Gasteiger partial charge in [-0.25, -0.2) is 0 Å². The highest BCUT2D eigenvalue weighted by Gasteiger charge is 2.27. The molecule has 0 aliphatic carbocycles. The molecule has 0 aromatic rings. The van der Waals surface area contributed by atoms with Crippen molar-refractivity contribution in [2.75, 3.05) is 12.4 Å². The van der Waals surface area contributed by atoms with Gasteiger partial charge in [0.05, 0.1) is 12.7 Å². The smallest absolute Gasteiger partial charge is 0.267 e. The Morgan fingerprint density at radius 3 is 2.38 bits per heavy atom. The fourth-order valence-electron chi connectivity index (χ4n) is 0.399. The third-order valence-electron chi connectivity index (χ3n) is 0.799. The molecule has 0 spiro atoms. The minimum absolute atomic E-state index is 0.245. The van der Waals surface area contributed by atoms with Gasteiger partial charge in [-0.2, -0.15) is 8.42 Å². The van der Waals surface area contributed by atoms with E-state index < -0.39 is 10.1 Å². The van der Waals surface area contributed by atoms with E-state index in [0.29, 0.717) is 6.61 Å². The van der Waals surface area contributed by atoms with E-state index in [2.05, 4.69) is 4.74 Å². The van der Waals surface area contributed by atoms with E-state index in [-0.39, 0.29) is 11.9 Å². The topological polar surface area (TPSA) is 66.9 Å². The standard InChI is InChI=1S/C3H6O4S/c4-8(5,6)2-3-1-7-3/h3H,1-2H2,(H,4,5,6)/t3-/m1/s1. The van der Waals surface area contributed by atoms with Crippen LogP contribution in [0.4, 0.5) is 0 Å². The quantitative estimate of drug-likeness (QED) is 0.403. The molecule has 1 fully saturated rings. The van der Waals surface area contributed by atoms with E-state index >= 15 is 0 Å². The van der Waals surface area contributed by atoms with Crippen molar-refractivity contribution in [3.8, 4) is 0 Å². The summed E-state index contributed by atoms with van der Waals surface area (Å²) in [5.74, 6) is -0.257. The summed E-state index contributed by atoms with van der Waals surface area (Å²) in [6.07, 6.45) is -0.245. The fraction of sp³-hybridized carbons (Fsp3) is 1.00. The number of epoxide rings is 1. The van der Waals surface area contributed by atoms with Crippen molar-refractivity contribution < 1.29 is 17.7 Å². The molecule has 1 N–H and O–H groups in total. The lowest BCUT2D eigenvalue weighted by Gasteiger charge is -1.86. The lowest BCUT2D eigenvalue weighted by atomic mass is 10.6. The maximum absolute atomic E-state index is 9.96. The number of hydrogen-bond donors (Lipinski definition) is 1. The molecule has 1 atom stereocenters. The zero-order valence-corrected chi connectivity index (χ0v) is 4.89. The van der Waals surface area contributed by atoms with Gasteiger partial charge in [0.1, 0.15) is 5.75 Å². The maximum Gasteiger partial charge on any atom is 0.267 e. The Morgan fingerprint density at radius 1 is 1.75 bits per heavy atom. The Labute approximate surface area is 47.2 Å². The van der Waals surface area contributed by atoms with Crippen LogP contribution in [0.5, 0.6) is 0 Å². The minimum atomic E-state index is -3.79. The van der Waals surface area contributed by atoms with E-state index in [0.717, 1.165) is 0 Å². The fourth-order valence-corrected chi connectivity index (χ4v) is 1.06. The first-order valence-corrected chi connectivity index (χ1v) is 3.75. The largest absolute Gasteiger partial charge is 0.372 e. The highest BCUT2D eigenvalue weighted by molar-refractivity contribution is 7.85. The van der Waals surface area contributed by atoms with Gasteiger partial charge in [0.2, 0.25) is 0 Å². The number of hydrogen-bond acceptors (Lipinski definition) is 3. The Bertz CT molecular complexity index is 166. The van der Waals surface area contributed by atoms with Gasteiger partial charge in [-0.1, -0.05) is 0 Å². The van der Waals surface area contributed by atoms with Crippen molar-refractivity contribution in [1.29, 1.82) is 0 Å². The van der Waals surface area contributed by atoms with E-state index in [1.54, 1.807) is 0 Å². The predicted molar refractivity (Wildman–Crippen MR) is 26.2 cm³/mol. The summed E-state index contributed by atoms with van der Waals surface area (Å²) in [5.41, 5.74) is 0. The molecule has 0 aromatic carbocycles. The molecule has 0 unspecified atom stereocenters. The molecule has 48 valence electrons. The van der Waals surface area contributed by atoms with E-state index in [4.69, 9.17) is 4.55 Å². The molecule has 4 nitrogen and oxygen atoms in total. The molecule has 1 heterocycles. The molecule has 0 saturated carbocycles. The van der Waals surface area contributed by atoms with Crippen LogP contribution < -0.4 is 0 Å². The molecule has 0 amide bonds. The summed E-state index contributed by atoms with van der Waals surface area (Å²) in [4.78, 5) is 0. The van der Waals surface area contributed by atoms with Crippen molar-refractivity contribution in [3.63, 3.8) is 0 Å². The number of ether oxygens (including phenoxy) is 1. The van der Waals surface area contributed by atoms with Crippen molar-refractivity contribution in [2.24, 2.45) is 0 Å². The summed E-state index contributed by atoms with van der Waals surface area (Å²) in [6.45, 7) is 0.458. The third-order valence-corrected chi connectivity index (χ3v) is 1.59. The first-order chi connectivity index (χ1) is 3.58. The van der Waals surface area contributed by atoms with Crippen molar-refractivity contribution in [2.45, 2.75) is 6.10 Å². The normalized spacial score (nSPS) is 27.9. The molecule has 0 radical (unpaired) electrons. The van der Waals surface area contributed by atoms with Crippen LogP contribution in [-0.2, 0) is 14.9 Å². The summed E-state index contributed by atoms with van der Waals surface area (Å²) in [7, 11) is -3.79. The monoisotopic (exact) mass is 138 g/mol. The Morgan fingerprint density at radius 2 is 2.25 bits per heavy atom. The van der Waals surface area contributed by atoms with Gasteiger partial charge in [0.25, 0.3) is 10.1 Å². The predicted octanol–water partition coefficient (Wildman–Crippen LogP) is -0.727. The van der Waals surface area contributed by atoms with Gasteiger partial charge >= 0.3 is 0 Å². The average molecular weight is 138 g/mol. The van der Waals surface area contributed by atoms with Gasteiger partial charge in [-0.3, -0.25) is 4.55 Å². The first kappa shape index (κ1) is 6.00. The van der Waals surface area contributed by atoms with Crippen LogP contribution in [0.15, 0.2) is 0 Å². The highest BCUT2D eigenvalue weighted by atomic mass is 32.2. The maximum atomic E-state index is 9.96. The van der Waals surface area contributed by atoms with E-state index in [1.165, 1.54) is 0 Å². The Balaban J connectivity index is 2.38. The second-order valence-corrected chi connectivity index (χ2v) is 3.20. The van der Waals surface area contributed by atoms with Gasteiger partial charge < -0.3 is 4.74 Å². The molecule has 0 aromatic heterocycles. The molecule has 1 aliphatic heterocycles. The van der Waals surface area contributed by atoms with Gasteiger partial charge in [-0.15, -0.1) is 0 Å².